The van der Waals surface area contributed by atoms with Crippen LogP contribution >= 0.6 is 0 Å². The number of fused-ring (bicyclic) bond motifs is 1. The third-order valence-corrected chi connectivity index (χ3v) is 7.07. The zero-order valence-corrected chi connectivity index (χ0v) is 20.9. The van der Waals surface area contributed by atoms with Gasteiger partial charge in [0.15, 0.2) is 11.5 Å². The van der Waals surface area contributed by atoms with E-state index in [2.05, 4.69) is 15.2 Å². The van der Waals surface area contributed by atoms with E-state index in [9.17, 15) is 9.59 Å². The van der Waals surface area contributed by atoms with Crippen molar-refractivity contribution in [3.8, 4) is 0 Å². The van der Waals surface area contributed by atoms with Crippen molar-refractivity contribution in [2.45, 2.75) is 26.3 Å². The molecule has 0 radical (unpaired) electrons. The summed E-state index contributed by atoms with van der Waals surface area (Å²) in [6.07, 6.45) is 3.34. The minimum Gasteiger partial charge on any atom is -0.379 e. The standard InChI is InChI=1S/C27H34N6O3/c1-20-6-8-21(9-7-20)18-33-24-23(5-2-10-28-24)30-25(27(33)35)32-12-3-4-22(19-32)26(34)29-11-13-31-14-16-36-17-15-31/h2,5-10,22H,3-4,11-19H2,1H3,(H,29,34). The van der Waals surface area contributed by atoms with Crippen LogP contribution in [-0.4, -0.2) is 77.8 Å². The number of piperidine rings is 1. The van der Waals surface area contributed by atoms with Gasteiger partial charge in [0.05, 0.1) is 25.7 Å². The molecule has 2 fully saturated rings. The largest absolute Gasteiger partial charge is 0.379 e. The fourth-order valence-corrected chi connectivity index (χ4v) is 4.98. The number of ether oxygens (including phenoxy) is 1. The van der Waals surface area contributed by atoms with Crippen LogP contribution in [0.15, 0.2) is 47.4 Å². The minimum atomic E-state index is -0.171. The number of nitrogens with zero attached hydrogens (tertiary/aromatic N) is 5. The van der Waals surface area contributed by atoms with Gasteiger partial charge in [-0.05, 0) is 37.5 Å². The SMILES string of the molecule is Cc1ccc(Cn2c(=O)c(N3CCCC(C(=O)NCCN4CCOCC4)C3)nc3cccnc32)cc1. The lowest BCUT2D eigenvalue weighted by Crippen LogP contribution is -2.47. The molecular formula is C27H34N6O3. The summed E-state index contributed by atoms with van der Waals surface area (Å²) >= 11 is 0. The molecule has 190 valence electrons. The first kappa shape index (κ1) is 24.4. The van der Waals surface area contributed by atoms with E-state index in [-0.39, 0.29) is 17.4 Å². The van der Waals surface area contributed by atoms with Crippen LogP contribution in [0.5, 0.6) is 0 Å². The number of aryl methyl sites for hydroxylation is 1. The quantitative estimate of drug-likeness (QED) is 0.540. The molecule has 2 saturated heterocycles. The predicted molar refractivity (Wildman–Crippen MR) is 139 cm³/mol. The highest BCUT2D eigenvalue weighted by Gasteiger charge is 2.29. The second-order valence-corrected chi connectivity index (χ2v) is 9.69. The Labute approximate surface area is 211 Å². The summed E-state index contributed by atoms with van der Waals surface area (Å²) < 4.78 is 7.09. The first-order valence-corrected chi connectivity index (χ1v) is 12.8. The molecule has 3 aromatic rings. The van der Waals surface area contributed by atoms with Gasteiger partial charge in [-0.1, -0.05) is 29.8 Å². The van der Waals surface area contributed by atoms with Gasteiger partial charge >= 0.3 is 0 Å². The average molecular weight is 491 g/mol. The van der Waals surface area contributed by atoms with Crippen molar-refractivity contribution in [3.63, 3.8) is 0 Å². The number of hydrogen-bond acceptors (Lipinski definition) is 7. The van der Waals surface area contributed by atoms with Gasteiger partial charge < -0.3 is 15.0 Å². The fraction of sp³-hybridized carbons (Fsp3) is 0.481. The molecule has 0 bridgehead atoms. The van der Waals surface area contributed by atoms with Gasteiger partial charge in [-0.3, -0.25) is 19.1 Å². The van der Waals surface area contributed by atoms with Crippen LogP contribution in [0.1, 0.15) is 24.0 Å². The number of rotatable bonds is 7. The summed E-state index contributed by atoms with van der Waals surface area (Å²) in [6, 6.07) is 11.9. The van der Waals surface area contributed by atoms with E-state index in [1.807, 2.05) is 48.2 Å². The molecule has 0 saturated carbocycles. The van der Waals surface area contributed by atoms with E-state index < -0.39 is 0 Å². The highest BCUT2D eigenvalue weighted by Crippen LogP contribution is 2.22. The van der Waals surface area contributed by atoms with E-state index in [1.165, 1.54) is 5.56 Å². The van der Waals surface area contributed by atoms with Gasteiger partial charge in [-0.15, -0.1) is 0 Å². The molecule has 2 aromatic heterocycles. The van der Waals surface area contributed by atoms with Crippen LogP contribution in [0, 0.1) is 12.8 Å². The Bertz CT molecular complexity index is 1250. The van der Waals surface area contributed by atoms with Gasteiger partial charge in [0, 0.05) is 45.5 Å². The van der Waals surface area contributed by atoms with Crippen molar-refractivity contribution in [3.05, 3.63) is 64.1 Å². The monoisotopic (exact) mass is 490 g/mol. The highest BCUT2D eigenvalue weighted by molar-refractivity contribution is 5.79. The van der Waals surface area contributed by atoms with E-state index >= 15 is 0 Å². The van der Waals surface area contributed by atoms with Crippen LogP contribution in [0.4, 0.5) is 5.82 Å². The first-order chi connectivity index (χ1) is 17.6. The smallest absolute Gasteiger partial charge is 0.295 e. The Morgan fingerprint density at radius 1 is 1.14 bits per heavy atom. The Hall–Kier alpha value is -3.30. The van der Waals surface area contributed by atoms with Crippen molar-refractivity contribution in [1.82, 2.24) is 24.8 Å². The predicted octanol–water partition coefficient (Wildman–Crippen LogP) is 1.81. The third kappa shape index (κ3) is 5.57. The molecule has 1 amide bonds. The Balaban J connectivity index is 1.33. The number of aromatic nitrogens is 3. The normalized spacial score (nSPS) is 18.9. The number of carbonyl (C=O) groups is 1. The number of carbonyl (C=O) groups excluding carboxylic acids is 1. The van der Waals surface area contributed by atoms with E-state index in [4.69, 9.17) is 9.72 Å². The molecule has 1 N–H and O–H groups in total. The minimum absolute atomic E-state index is 0.0513. The lowest BCUT2D eigenvalue weighted by atomic mass is 9.97. The van der Waals surface area contributed by atoms with E-state index in [0.29, 0.717) is 43.2 Å². The van der Waals surface area contributed by atoms with Gasteiger partial charge in [0.25, 0.3) is 5.56 Å². The summed E-state index contributed by atoms with van der Waals surface area (Å²) in [6.45, 7) is 8.42. The van der Waals surface area contributed by atoms with Crippen LogP contribution in [0.25, 0.3) is 11.2 Å². The summed E-state index contributed by atoms with van der Waals surface area (Å²) in [7, 11) is 0. The molecule has 36 heavy (non-hydrogen) atoms. The van der Waals surface area contributed by atoms with Crippen LogP contribution < -0.4 is 15.8 Å². The Morgan fingerprint density at radius 2 is 1.94 bits per heavy atom. The molecule has 1 aromatic carbocycles. The molecular weight excluding hydrogens is 456 g/mol. The molecule has 9 heteroatoms. The summed E-state index contributed by atoms with van der Waals surface area (Å²) in [5.41, 5.74) is 3.28. The maximum absolute atomic E-state index is 13.7. The Morgan fingerprint density at radius 3 is 2.75 bits per heavy atom. The summed E-state index contributed by atoms with van der Waals surface area (Å²) in [5, 5.41) is 3.10. The molecule has 2 aliphatic rings. The number of anilines is 1. The molecule has 5 rings (SSSR count). The van der Waals surface area contributed by atoms with Crippen LogP contribution in [0.2, 0.25) is 0 Å². The molecule has 0 spiro atoms. The maximum Gasteiger partial charge on any atom is 0.295 e. The molecule has 1 atom stereocenters. The van der Waals surface area contributed by atoms with E-state index in [0.717, 1.165) is 51.3 Å². The first-order valence-electron chi connectivity index (χ1n) is 12.8. The lowest BCUT2D eigenvalue weighted by molar-refractivity contribution is -0.125. The van der Waals surface area contributed by atoms with Crippen molar-refractivity contribution in [2.75, 3.05) is 57.4 Å². The van der Waals surface area contributed by atoms with Gasteiger partial charge in [0.2, 0.25) is 5.91 Å². The van der Waals surface area contributed by atoms with Crippen molar-refractivity contribution in [1.29, 1.82) is 0 Å². The average Bonchev–Trinajstić information content (AvgIpc) is 2.92. The van der Waals surface area contributed by atoms with Gasteiger partial charge in [0.1, 0.15) is 5.52 Å². The molecule has 1 unspecified atom stereocenters. The van der Waals surface area contributed by atoms with Crippen molar-refractivity contribution >= 4 is 22.9 Å². The highest BCUT2D eigenvalue weighted by atomic mass is 16.5. The molecule has 4 heterocycles. The number of hydrogen-bond donors (Lipinski definition) is 1. The topological polar surface area (TPSA) is 92.6 Å². The second-order valence-electron chi connectivity index (χ2n) is 9.69. The number of morpholine rings is 1. The number of pyridine rings is 1. The molecule has 0 aliphatic carbocycles. The van der Waals surface area contributed by atoms with Crippen LogP contribution in [-0.2, 0) is 16.1 Å². The Kier molecular flexibility index (Phi) is 7.58. The van der Waals surface area contributed by atoms with Crippen LogP contribution in [0.3, 0.4) is 0 Å². The fourth-order valence-electron chi connectivity index (χ4n) is 4.98. The number of amides is 1. The zero-order valence-electron chi connectivity index (χ0n) is 20.9. The molecule has 9 nitrogen and oxygen atoms in total. The summed E-state index contributed by atoms with van der Waals surface area (Å²) in [4.78, 5) is 40.1. The van der Waals surface area contributed by atoms with Gasteiger partial charge in [-0.25, -0.2) is 9.97 Å². The third-order valence-electron chi connectivity index (χ3n) is 7.07. The molecule has 2 aliphatic heterocycles. The number of nitrogens with one attached hydrogen (secondary N) is 1. The maximum atomic E-state index is 13.7. The lowest BCUT2D eigenvalue weighted by Gasteiger charge is -2.33. The van der Waals surface area contributed by atoms with Crippen molar-refractivity contribution < 1.29 is 9.53 Å². The number of benzene rings is 1. The zero-order chi connectivity index (χ0) is 24.9. The summed E-state index contributed by atoms with van der Waals surface area (Å²) in [5.74, 6) is 0.281. The van der Waals surface area contributed by atoms with Crippen molar-refractivity contribution in [2.24, 2.45) is 5.92 Å². The second kappa shape index (κ2) is 11.2. The van der Waals surface area contributed by atoms with Gasteiger partial charge in [-0.2, -0.15) is 0 Å². The van der Waals surface area contributed by atoms with E-state index in [1.54, 1.807) is 10.8 Å².